The Morgan fingerprint density at radius 1 is 1.17 bits per heavy atom. The van der Waals surface area contributed by atoms with Crippen molar-refractivity contribution in [3.05, 3.63) is 52.2 Å². The largest absolute Gasteiger partial charge is 0.326 e. The minimum absolute atomic E-state index is 0.0478. The molecule has 1 aliphatic rings. The summed E-state index contributed by atoms with van der Waals surface area (Å²) in [5.41, 5.74) is 0.0478. The van der Waals surface area contributed by atoms with Gasteiger partial charge in [-0.15, -0.1) is 11.3 Å². The molecule has 1 atom stereocenters. The van der Waals surface area contributed by atoms with Gasteiger partial charge in [0.15, 0.2) is 0 Å². The van der Waals surface area contributed by atoms with Gasteiger partial charge in [-0.2, -0.15) is 0 Å². The van der Waals surface area contributed by atoms with E-state index in [1.807, 2.05) is 5.38 Å². The molecule has 1 aliphatic heterocycles. The Hall–Kier alpha value is -2.28. The molecular weight excluding hydrogens is 334 g/mol. The summed E-state index contributed by atoms with van der Waals surface area (Å²) in [6, 6.07) is 5.71. The highest BCUT2D eigenvalue weighted by Crippen LogP contribution is 2.23. The van der Waals surface area contributed by atoms with E-state index in [1.165, 1.54) is 11.3 Å². The van der Waals surface area contributed by atoms with E-state index in [1.54, 1.807) is 17.0 Å². The summed E-state index contributed by atoms with van der Waals surface area (Å²) >= 11 is 1.32. The summed E-state index contributed by atoms with van der Waals surface area (Å²) in [5, 5.41) is 4.32. The minimum atomic E-state index is -0.763. The van der Waals surface area contributed by atoms with Crippen LogP contribution in [0.4, 0.5) is 14.5 Å². The first kappa shape index (κ1) is 16.6. The lowest BCUT2D eigenvalue weighted by molar-refractivity contribution is -0.121. The summed E-state index contributed by atoms with van der Waals surface area (Å²) < 4.78 is 26.5. The molecule has 0 radical (unpaired) electrons. The molecule has 126 valence electrons. The predicted octanol–water partition coefficient (Wildman–Crippen LogP) is 3.66. The number of nitrogens with zero attached hydrogens (tertiary/aromatic N) is 1. The van der Waals surface area contributed by atoms with Gasteiger partial charge in [0.25, 0.3) is 5.91 Å². The summed E-state index contributed by atoms with van der Waals surface area (Å²) in [6.07, 6.45) is 2.18. The van der Waals surface area contributed by atoms with Gasteiger partial charge in [0.1, 0.15) is 17.7 Å². The van der Waals surface area contributed by atoms with E-state index in [4.69, 9.17) is 0 Å². The Bertz CT molecular complexity index is 729. The molecule has 2 heterocycles. The van der Waals surface area contributed by atoms with Crippen LogP contribution in [0, 0.1) is 11.6 Å². The molecule has 4 nitrogen and oxygen atoms in total. The van der Waals surface area contributed by atoms with E-state index in [0.717, 1.165) is 31.0 Å². The molecule has 1 saturated heterocycles. The number of nitrogens with one attached hydrogen (secondary N) is 1. The molecule has 7 heteroatoms. The van der Waals surface area contributed by atoms with Crippen molar-refractivity contribution in [1.82, 2.24) is 4.90 Å². The van der Waals surface area contributed by atoms with Crippen LogP contribution in [0.25, 0.3) is 0 Å². The zero-order chi connectivity index (χ0) is 17.1. The third-order valence-electron chi connectivity index (χ3n) is 3.93. The van der Waals surface area contributed by atoms with Crippen molar-refractivity contribution in [2.75, 3.05) is 11.9 Å². The molecule has 24 heavy (non-hydrogen) atoms. The molecule has 1 N–H and O–H groups in total. The second-order valence-electron chi connectivity index (χ2n) is 5.63. The monoisotopic (exact) mass is 350 g/mol. The molecule has 0 bridgehead atoms. The lowest BCUT2D eigenvalue weighted by atomic mass is 10.0. The summed E-state index contributed by atoms with van der Waals surface area (Å²) in [6.45, 7) is 0.492. The maximum Gasteiger partial charge on any atom is 0.264 e. The molecule has 0 aliphatic carbocycles. The zero-order valence-corrected chi connectivity index (χ0v) is 13.6. The Kier molecular flexibility index (Phi) is 4.89. The SMILES string of the molecule is O=C(Nc1cc(F)cc(F)c1)C1CCCCN1C(=O)c1cccs1. The number of likely N-dealkylation sites (tertiary alicyclic amines) is 1. The number of anilines is 1. The molecule has 2 aromatic rings. The van der Waals surface area contributed by atoms with Crippen LogP contribution >= 0.6 is 11.3 Å². The van der Waals surface area contributed by atoms with Gasteiger partial charge in [0, 0.05) is 18.3 Å². The van der Waals surface area contributed by atoms with Crippen LogP contribution in [0.3, 0.4) is 0 Å². The summed E-state index contributed by atoms with van der Waals surface area (Å²) in [5.74, 6) is -2.14. The topological polar surface area (TPSA) is 49.4 Å². The van der Waals surface area contributed by atoms with Gasteiger partial charge in [0.05, 0.1) is 4.88 Å². The molecule has 2 amide bonds. The average Bonchev–Trinajstić information content (AvgIpc) is 3.07. The molecule has 0 saturated carbocycles. The number of carbonyl (C=O) groups excluding carboxylic acids is 2. The number of rotatable bonds is 3. The lowest BCUT2D eigenvalue weighted by Crippen LogP contribution is -2.49. The number of carbonyl (C=O) groups is 2. The van der Waals surface area contributed by atoms with Crippen molar-refractivity contribution in [3.8, 4) is 0 Å². The standard InChI is InChI=1S/C17H16F2N2O2S/c18-11-8-12(19)10-13(9-11)20-16(22)14-4-1-2-6-21(14)17(23)15-5-3-7-24-15/h3,5,7-10,14H,1-2,4,6H2,(H,20,22). The van der Waals surface area contributed by atoms with Crippen molar-refractivity contribution in [2.45, 2.75) is 25.3 Å². The highest BCUT2D eigenvalue weighted by molar-refractivity contribution is 7.12. The van der Waals surface area contributed by atoms with Crippen molar-refractivity contribution in [3.63, 3.8) is 0 Å². The first-order valence-electron chi connectivity index (χ1n) is 7.66. The Balaban J connectivity index is 1.77. The van der Waals surface area contributed by atoms with E-state index in [9.17, 15) is 18.4 Å². The average molecular weight is 350 g/mol. The first-order chi connectivity index (χ1) is 11.5. The van der Waals surface area contributed by atoms with E-state index in [-0.39, 0.29) is 11.6 Å². The maximum atomic E-state index is 13.3. The normalized spacial score (nSPS) is 17.6. The van der Waals surface area contributed by atoms with Gasteiger partial charge < -0.3 is 10.2 Å². The summed E-state index contributed by atoms with van der Waals surface area (Å²) in [4.78, 5) is 27.2. The van der Waals surface area contributed by atoms with Gasteiger partial charge in [-0.1, -0.05) is 6.07 Å². The first-order valence-corrected chi connectivity index (χ1v) is 8.54. The highest BCUT2D eigenvalue weighted by Gasteiger charge is 2.33. The van der Waals surface area contributed by atoms with Gasteiger partial charge in [-0.05, 0) is 42.8 Å². The maximum absolute atomic E-state index is 13.3. The van der Waals surface area contributed by atoms with Crippen LogP contribution in [-0.2, 0) is 4.79 Å². The van der Waals surface area contributed by atoms with Crippen LogP contribution in [0.1, 0.15) is 28.9 Å². The number of benzene rings is 1. The number of hydrogen-bond donors (Lipinski definition) is 1. The minimum Gasteiger partial charge on any atom is -0.326 e. The second kappa shape index (κ2) is 7.09. The molecule has 1 aromatic carbocycles. The smallest absolute Gasteiger partial charge is 0.264 e. The lowest BCUT2D eigenvalue weighted by Gasteiger charge is -2.34. The van der Waals surface area contributed by atoms with Crippen molar-refractivity contribution in [2.24, 2.45) is 0 Å². The van der Waals surface area contributed by atoms with Gasteiger partial charge >= 0.3 is 0 Å². The molecule has 1 unspecified atom stereocenters. The molecule has 3 rings (SSSR count). The zero-order valence-electron chi connectivity index (χ0n) is 12.8. The van der Waals surface area contributed by atoms with Crippen LogP contribution in [0.5, 0.6) is 0 Å². The fraction of sp³-hybridized carbons (Fsp3) is 0.294. The van der Waals surface area contributed by atoms with E-state index in [0.29, 0.717) is 17.8 Å². The van der Waals surface area contributed by atoms with Crippen molar-refractivity contribution in [1.29, 1.82) is 0 Å². The number of halogens is 2. The van der Waals surface area contributed by atoms with Crippen LogP contribution in [-0.4, -0.2) is 29.3 Å². The van der Waals surface area contributed by atoms with E-state index in [2.05, 4.69) is 5.32 Å². The fourth-order valence-electron chi connectivity index (χ4n) is 2.84. The van der Waals surface area contributed by atoms with Crippen molar-refractivity contribution >= 4 is 28.8 Å². The highest BCUT2D eigenvalue weighted by atomic mass is 32.1. The number of piperidine rings is 1. The van der Waals surface area contributed by atoms with Gasteiger partial charge in [0.2, 0.25) is 5.91 Å². The molecule has 1 fully saturated rings. The Morgan fingerprint density at radius 3 is 2.58 bits per heavy atom. The van der Waals surface area contributed by atoms with E-state index < -0.39 is 23.6 Å². The van der Waals surface area contributed by atoms with Crippen LogP contribution in [0.2, 0.25) is 0 Å². The number of amides is 2. The molecule has 1 aromatic heterocycles. The Labute approximate surface area is 142 Å². The van der Waals surface area contributed by atoms with E-state index >= 15 is 0 Å². The molecular formula is C17H16F2N2O2S. The summed E-state index contributed by atoms with van der Waals surface area (Å²) in [7, 11) is 0. The van der Waals surface area contributed by atoms with Gasteiger partial charge in [-0.25, -0.2) is 8.78 Å². The number of thiophene rings is 1. The van der Waals surface area contributed by atoms with Crippen molar-refractivity contribution < 1.29 is 18.4 Å². The fourth-order valence-corrected chi connectivity index (χ4v) is 3.52. The second-order valence-corrected chi connectivity index (χ2v) is 6.58. The predicted molar refractivity (Wildman–Crippen MR) is 88.0 cm³/mol. The van der Waals surface area contributed by atoms with Crippen LogP contribution in [0.15, 0.2) is 35.7 Å². The third-order valence-corrected chi connectivity index (χ3v) is 4.79. The quantitative estimate of drug-likeness (QED) is 0.918. The third kappa shape index (κ3) is 3.62. The van der Waals surface area contributed by atoms with Crippen LogP contribution < -0.4 is 5.32 Å². The number of hydrogen-bond acceptors (Lipinski definition) is 3. The molecule has 0 spiro atoms. The van der Waals surface area contributed by atoms with Gasteiger partial charge in [-0.3, -0.25) is 9.59 Å². The Morgan fingerprint density at radius 2 is 1.92 bits per heavy atom.